The van der Waals surface area contributed by atoms with E-state index in [2.05, 4.69) is 0 Å². The fourth-order valence-electron chi connectivity index (χ4n) is 2.27. The van der Waals surface area contributed by atoms with Gasteiger partial charge in [-0.05, 0) is 56.5 Å². The van der Waals surface area contributed by atoms with Crippen molar-refractivity contribution in [1.82, 2.24) is 0 Å². The summed E-state index contributed by atoms with van der Waals surface area (Å²) in [5, 5.41) is 0. The van der Waals surface area contributed by atoms with E-state index in [4.69, 9.17) is 10.5 Å². The molecule has 1 aromatic carbocycles. The van der Waals surface area contributed by atoms with Crippen molar-refractivity contribution in [2.75, 3.05) is 0 Å². The number of carbonyl (C=O) groups excluding carboxylic acids is 1. The Kier molecular flexibility index (Phi) is 5.06. The van der Waals surface area contributed by atoms with Crippen LogP contribution in [0.2, 0.25) is 0 Å². The van der Waals surface area contributed by atoms with E-state index >= 15 is 0 Å². The van der Waals surface area contributed by atoms with Gasteiger partial charge in [0.1, 0.15) is 18.0 Å². The Morgan fingerprint density at radius 2 is 1.68 bits per heavy atom. The highest BCUT2D eigenvalue weighted by molar-refractivity contribution is 5.75. The van der Waals surface area contributed by atoms with Gasteiger partial charge in [0.2, 0.25) is 0 Å². The van der Waals surface area contributed by atoms with Crippen molar-refractivity contribution in [1.29, 1.82) is 0 Å². The molecule has 19 heavy (non-hydrogen) atoms. The van der Waals surface area contributed by atoms with Crippen LogP contribution in [0.3, 0.4) is 0 Å². The van der Waals surface area contributed by atoms with E-state index in [0.29, 0.717) is 0 Å². The van der Waals surface area contributed by atoms with Gasteiger partial charge in [0.25, 0.3) is 0 Å². The maximum absolute atomic E-state index is 13.3. The zero-order chi connectivity index (χ0) is 14.7. The molecule has 1 aromatic rings. The van der Waals surface area contributed by atoms with Crippen LogP contribution in [0.1, 0.15) is 43.4 Å². The summed E-state index contributed by atoms with van der Waals surface area (Å²) < 4.78 is 18.6. The van der Waals surface area contributed by atoms with Gasteiger partial charge in [0.15, 0.2) is 0 Å². The number of carbonyl (C=O) groups is 1. The molecule has 1 rings (SSSR count). The molecule has 0 spiro atoms. The Hall–Kier alpha value is -1.42. The second-order valence-corrected chi connectivity index (χ2v) is 5.17. The van der Waals surface area contributed by atoms with Crippen LogP contribution in [0.4, 0.5) is 4.39 Å². The molecule has 0 aliphatic heterocycles. The largest absolute Gasteiger partial charge is 0.461 e. The van der Waals surface area contributed by atoms with Crippen LogP contribution >= 0.6 is 0 Å². The first-order chi connectivity index (χ1) is 8.73. The smallest absolute Gasteiger partial charge is 0.322 e. The number of halogens is 1. The Morgan fingerprint density at radius 1 is 1.21 bits per heavy atom. The van der Waals surface area contributed by atoms with Crippen molar-refractivity contribution < 1.29 is 13.9 Å². The molecule has 2 N–H and O–H groups in total. The molecule has 0 amide bonds. The Morgan fingerprint density at radius 3 is 2.11 bits per heavy atom. The lowest BCUT2D eigenvalue weighted by atomic mass is 9.88. The summed E-state index contributed by atoms with van der Waals surface area (Å²) in [5.41, 5.74) is 8.24. The predicted octanol–water partition coefficient (Wildman–Crippen LogP) is 2.82. The van der Waals surface area contributed by atoms with E-state index in [9.17, 15) is 9.18 Å². The summed E-state index contributed by atoms with van der Waals surface area (Å²) >= 11 is 0. The molecule has 3 atom stereocenters. The average Bonchev–Trinajstić information content (AvgIpc) is 2.26. The van der Waals surface area contributed by atoms with Gasteiger partial charge in [-0.25, -0.2) is 4.39 Å². The number of benzene rings is 1. The van der Waals surface area contributed by atoms with Gasteiger partial charge in [-0.15, -0.1) is 0 Å². The van der Waals surface area contributed by atoms with Crippen molar-refractivity contribution in [2.24, 2.45) is 5.73 Å². The van der Waals surface area contributed by atoms with Crippen LogP contribution < -0.4 is 5.73 Å². The van der Waals surface area contributed by atoms with Crippen molar-refractivity contribution in [3.63, 3.8) is 0 Å². The maximum atomic E-state index is 13.3. The second kappa shape index (κ2) is 6.15. The van der Waals surface area contributed by atoms with Crippen LogP contribution in [-0.2, 0) is 9.53 Å². The predicted molar refractivity (Wildman–Crippen MR) is 73.5 cm³/mol. The van der Waals surface area contributed by atoms with Crippen molar-refractivity contribution in [3.8, 4) is 0 Å². The lowest BCUT2D eigenvalue weighted by Crippen LogP contribution is -2.33. The highest BCUT2D eigenvalue weighted by atomic mass is 19.1. The van der Waals surface area contributed by atoms with Gasteiger partial charge >= 0.3 is 5.97 Å². The lowest BCUT2D eigenvalue weighted by Gasteiger charge is -2.24. The molecular formula is C15H22FNO2. The van der Waals surface area contributed by atoms with E-state index in [0.717, 1.165) is 16.7 Å². The van der Waals surface area contributed by atoms with Gasteiger partial charge < -0.3 is 10.5 Å². The number of rotatable bonds is 4. The molecule has 0 bridgehead atoms. The first-order valence-corrected chi connectivity index (χ1v) is 6.46. The first kappa shape index (κ1) is 15.6. The second-order valence-electron chi connectivity index (χ2n) is 5.17. The highest BCUT2D eigenvalue weighted by Gasteiger charge is 2.23. The summed E-state index contributed by atoms with van der Waals surface area (Å²) in [6.45, 7) is 9.11. The molecule has 0 heterocycles. The van der Waals surface area contributed by atoms with Gasteiger partial charge in [-0.1, -0.05) is 6.92 Å². The van der Waals surface area contributed by atoms with E-state index in [1.807, 2.05) is 27.7 Å². The molecular weight excluding hydrogens is 245 g/mol. The average molecular weight is 267 g/mol. The van der Waals surface area contributed by atoms with Crippen LogP contribution in [-0.4, -0.2) is 18.1 Å². The molecule has 0 radical (unpaired) electrons. The van der Waals surface area contributed by atoms with Crippen LogP contribution in [0.5, 0.6) is 0 Å². The highest BCUT2D eigenvalue weighted by Crippen LogP contribution is 2.28. The molecule has 4 heteroatoms. The summed E-state index contributed by atoms with van der Waals surface area (Å²) in [6.07, 6.45) is -0.304. The Labute approximate surface area is 113 Å². The van der Waals surface area contributed by atoms with Gasteiger partial charge in [-0.3, -0.25) is 4.79 Å². The monoisotopic (exact) mass is 267 g/mol. The van der Waals surface area contributed by atoms with Crippen molar-refractivity contribution in [2.45, 2.75) is 52.7 Å². The summed E-state index contributed by atoms with van der Waals surface area (Å²) in [4.78, 5) is 11.5. The molecule has 3 nitrogen and oxygen atoms in total. The van der Waals surface area contributed by atoms with E-state index in [1.165, 1.54) is 12.1 Å². The van der Waals surface area contributed by atoms with Crippen molar-refractivity contribution >= 4 is 5.97 Å². The minimum absolute atomic E-state index is 0.0108. The summed E-state index contributed by atoms with van der Waals surface area (Å²) in [6, 6.07) is 2.36. The van der Waals surface area contributed by atoms with Crippen LogP contribution in [0.15, 0.2) is 12.1 Å². The normalized spacial score (nSPS) is 15.7. The quantitative estimate of drug-likeness (QED) is 0.853. The van der Waals surface area contributed by atoms with Crippen LogP contribution in [0, 0.1) is 19.7 Å². The number of hydrogen-bond acceptors (Lipinski definition) is 3. The van der Waals surface area contributed by atoms with E-state index in [1.54, 1.807) is 6.92 Å². The third kappa shape index (κ3) is 3.77. The molecule has 0 saturated heterocycles. The molecule has 0 saturated carbocycles. The SMILES string of the molecule is Cc1cc(F)cc(C)c1[C@@H](C)[C@@H](C)OC(=O)[C@H](C)N. The molecule has 0 fully saturated rings. The zero-order valence-corrected chi connectivity index (χ0v) is 12.2. The molecule has 0 unspecified atom stereocenters. The van der Waals surface area contributed by atoms with Gasteiger partial charge in [0.05, 0.1) is 0 Å². The minimum atomic E-state index is -0.634. The molecule has 0 aromatic heterocycles. The lowest BCUT2D eigenvalue weighted by molar-refractivity contribution is -0.150. The number of esters is 1. The fraction of sp³-hybridized carbons (Fsp3) is 0.533. The first-order valence-electron chi connectivity index (χ1n) is 6.46. The standard InChI is InChI=1S/C15H22FNO2/c1-8-6-13(16)7-9(2)14(8)10(3)12(5)19-15(18)11(4)17/h6-7,10-12H,17H2,1-5H3/t10-,11-,12+/m0/s1. The van der Waals surface area contributed by atoms with Crippen LogP contribution in [0.25, 0.3) is 0 Å². The Balaban J connectivity index is 2.94. The summed E-state index contributed by atoms with van der Waals surface area (Å²) in [7, 11) is 0. The number of hydrogen-bond donors (Lipinski definition) is 1. The number of ether oxygens (including phenoxy) is 1. The Bertz CT molecular complexity index is 448. The molecule has 0 aliphatic rings. The topological polar surface area (TPSA) is 52.3 Å². The fourth-order valence-corrected chi connectivity index (χ4v) is 2.27. The number of nitrogens with two attached hydrogens (primary N) is 1. The summed E-state index contributed by atoms with van der Waals surface area (Å²) in [5.74, 6) is -0.675. The minimum Gasteiger partial charge on any atom is -0.461 e. The third-order valence-corrected chi connectivity index (χ3v) is 3.39. The van der Waals surface area contributed by atoms with Gasteiger partial charge in [-0.2, -0.15) is 0 Å². The zero-order valence-electron chi connectivity index (χ0n) is 12.2. The van der Waals surface area contributed by atoms with Gasteiger partial charge in [0, 0.05) is 5.92 Å². The van der Waals surface area contributed by atoms with E-state index in [-0.39, 0.29) is 17.8 Å². The third-order valence-electron chi connectivity index (χ3n) is 3.39. The van der Waals surface area contributed by atoms with E-state index < -0.39 is 12.0 Å². The van der Waals surface area contributed by atoms with Crippen molar-refractivity contribution in [3.05, 3.63) is 34.6 Å². The number of aryl methyl sites for hydroxylation is 2. The maximum Gasteiger partial charge on any atom is 0.322 e. The molecule has 0 aliphatic carbocycles. The molecule has 106 valence electrons.